The first-order valence-corrected chi connectivity index (χ1v) is 12.3. The number of aromatic amines is 1. The van der Waals surface area contributed by atoms with E-state index in [9.17, 15) is 4.79 Å². The first-order valence-electron chi connectivity index (χ1n) is 12.3. The molecule has 4 aromatic rings. The highest BCUT2D eigenvalue weighted by Crippen LogP contribution is 2.48. The number of para-hydroxylation sites is 1. The third kappa shape index (κ3) is 4.03. The molecule has 6 heteroatoms. The van der Waals surface area contributed by atoms with Crippen molar-refractivity contribution in [2.45, 2.75) is 50.0 Å². The molecule has 6 nitrogen and oxygen atoms in total. The van der Waals surface area contributed by atoms with Crippen LogP contribution in [0.3, 0.4) is 0 Å². The highest BCUT2D eigenvalue weighted by molar-refractivity contribution is 5.87. The molecule has 6 rings (SSSR count). The summed E-state index contributed by atoms with van der Waals surface area (Å²) < 4.78 is 5.35. The first kappa shape index (κ1) is 22.0. The molecule has 35 heavy (non-hydrogen) atoms. The summed E-state index contributed by atoms with van der Waals surface area (Å²) in [5.74, 6) is -0.159. The van der Waals surface area contributed by atoms with Crippen LogP contribution in [0.25, 0.3) is 10.9 Å². The van der Waals surface area contributed by atoms with Crippen LogP contribution in [0.1, 0.15) is 47.3 Å². The van der Waals surface area contributed by atoms with Gasteiger partial charge < -0.3 is 15.0 Å². The van der Waals surface area contributed by atoms with E-state index in [1.807, 2.05) is 18.3 Å². The van der Waals surface area contributed by atoms with E-state index in [0.717, 1.165) is 24.9 Å². The second-order valence-corrected chi connectivity index (χ2v) is 9.61. The van der Waals surface area contributed by atoms with Gasteiger partial charge in [0, 0.05) is 54.0 Å². The zero-order valence-corrected chi connectivity index (χ0v) is 19.9. The lowest BCUT2D eigenvalue weighted by Gasteiger charge is -2.50. The molecular weight excluding hydrogens is 436 g/mol. The van der Waals surface area contributed by atoms with Crippen molar-refractivity contribution >= 4 is 16.9 Å². The van der Waals surface area contributed by atoms with Gasteiger partial charge in [-0.15, -0.1) is 0 Å². The number of carbonyl (C=O) groups excluding carboxylic acids is 1. The topological polar surface area (TPSA) is 70.2 Å². The van der Waals surface area contributed by atoms with Crippen LogP contribution in [0.2, 0.25) is 0 Å². The molecule has 2 N–H and O–H groups in total. The lowest BCUT2D eigenvalue weighted by Crippen LogP contribution is -2.55. The molecule has 0 bridgehead atoms. The van der Waals surface area contributed by atoms with Gasteiger partial charge >= 0.3 is 5.97 Å². The molecule has 2 aromatic heterocycles. The molecule has 2 aromatic carbocycles. The Kier molecular flexibility index (Phi) is 5.84. The minimum Gasteiger partial charge on any atom is -0.468 e. The fourth-order valence-corrected chi connectivity index (χ4v) is 6.08. The number of fused-ring (bicyclic) bond motifs is 5. The summed E-state index contributed by atoms with van der Waals surface area (Å²) in [5, 5.41) is 5.00. The number of piperidine rings is 1. The quantitative estimate of drug-likeness (QED) is 0.418. The Hall–Kier alpha value is -3.48. The number of nitrogens with zero attached hydrogens (tertiary/aromatic N) is 2. The van der Waals surface area contributed by atoms with Crippen LogP contribution in [0.15, 0.2) is 79.1 Å². The van der Waals surface area contributed by atoms with E-state index in [-0.39, 0.29) is 30.1 Å². The highest BCUT2D eigenvalue weighted by Gasteiger charge is 2.48. The molecule has 0 aliphatic carbocycles. The number of aromatic nitrogens is 2. The minimum atomic E-state index is -0.318. The third-order valence-electron chi connectivity index (χ3n) is 7.65. The first-order chi connectivity index (χ1) is 17.2. The van der Waals surface area contributed by atoms with E-state index < -0.39 is 0 Å². The van der Waals surface area contributed by atoms with Gasteiger partial charge in [0.2, 0.25) is 0 Å². The highest BCUT2D eigenvalue weighted by atomic mass is 16.5. The van der Waals surface area contributed by atoms with Gasteiger partial charge in [0.25, 0.3) is 0 Å². The maximum absolute atomic E-state index is 13.2. The normalized spacial score (nSPS) is 24.0. The van der Waals surface area contributed by atoms with Crippen LogP contribution in [0.5, 0.6) is 0 Å². The van der Waals surface area contributed by atoms with E-state index in [1.54, 1.807) is 6.20 Å². The Morgan fingerprint density at radius 2 is 1.86 bits per heavy atom. The Labute approximate surface area is 205 Å². The standard InChI is InChI=1S/C29H30N4O2/c1-35-29(34)27-16-23-22-11-5-6-12-24(22)32-28(23)26-15-21(31-18-19-8-7-13-30-17-19)14-25(33(26)27)20-9-3-2-4-10-20/h2-13,17,21,25-27,31-32H,14-16,18H2,1H3/t21-,25-,26+,27-/m0/s1. The van der Waals surface area contributed by atoms with Crippen LogP contribution < -0.4 is 5.32 Å². The van der Waals surface area contributed by atoms with Gasteiger partial charge in [-0.05, 0) is 41.7 Å². The Balaban J connectivity index is 1.42. The lowest BCUT2D eigenvalue weighted by molar-refractivity contribution is -0.152. The molecule has 0 unspecified atom stereocenters. The maximum atomic E-state index is 13.2. The van der Waals surface area contributed by atoms with Gasteiger partial charge in [-0.25, -0.2) is 0 Å². The van der Waals surface area contributed by atoms with Crippen molar-refractivity contribution < 1.29 is 9.53 Å². The van der Waals surface area contributed by atoms with Crippen molar-refractivity contribution in [3.05, 3.63) is 102 Å². The maximum Gasteiger partial charge on any atom is 0.323 e. The van der Waals surface area contributed by atoms with Crippen LogP contribution in [-0.2, 0) is 22.5 Å². The average Bonchev–Trinajstić information content (AvgIpc) is 3.30. The average molecular weight is 467 g/mol. The number of hydrogen-bond donors (Lipinski definition) is 2. The second-order valence-electron chi connectivity index (χ2n) is 9.61. The number of ether oxygens (including phenoxy) is 1. The SMILES string of the molecule is COC(=O)[C@@H]1Cc2c([nH]c3ccccc23)[C@H]2C[C@@H](NCc3cccnc3)C[C@@H](c3ccccc3)N21. The predicted octanol–water partition coefficient (Wildman–Crippen LogP) is 4.70. The zero-order valence-electron chi connectivity index (χ0n) is 19.9. The monoisotopic (exact) mass is 466 g/mol. The molecule has 178 valence electrons. The fraction of sp³-hybridized carbons (Fsp3) is 0.310. The summed E-state index contributed by atoms with van der Waals surface area (Å²) in [7, 11) is 1.50. The van der Waals surface area contributed by atoms with Crippen molar-refractivity contribution in [2.24, 2.45) is 0 Å². The van der Waals surface area contributed by atoms with Crippen molar-refractivity contribution in [2.75, 3.05) is 7.11 Å². The van der Waals surface area contributed by atoms with Crippen molar-refractivity contribution in [3.8, 4) is 0 Å². The molecule has 0 radical (unpaired) electrons. The number of carbonyl (C=O) groups is 1. The Morgan fingerprint density at radius 1 is 1.06 bits per heavy atom. The van der Waals surface area contributed by atoms with Crippen molar-refractivity contribution in [1.29, 1.82) is 0 Å². The van der Waals surface area contributed by atoms with Gasteiger partial charge in [0.15, 0.2) is 0 Å². The molecule has 0 saturated carbocycles. The number of nitrogens with one attached hydrogen (secondary N) is 2. The summed E-state index contributed by atoms with van der Waals surface area (Å²) in [6, 6.07) is 23.2. The number of benzene rings is 2. The number of esters is 1. The summed E-state index contributed by atoms with van der Waals surface area (Å²) in [4.78, 5) is 23.6. The van der Waals surface area contributed by atoms with Crippen LogP contribution >= 0.6 is 0 Å². The molecule has 2 aliphatic heterocycles. The summed E-state index contributed by atoms with van der Waals surface area (Å²) in [6.07, 6.45) is 6.21. The molecular formula is C29H30N4O2. The number of rotatable bonds is 5. The minimum absolute atomic E-state index is 0.0839. The number of pyridine rings is 1. The summed E-state index contributed by atoms with van der Waals surface area (Å²) in [6.45, 7) is 0.771. The van der Waals surface area contributed by atoms with E-state index in [0.29, 0.717) is 6.42 Å². The van der Waals surface area contributed by atoms with Gasteiger partial charge in [-0.2, -0.15) is 0 Å². The molecule has 4 heterocycles. The van der Waals surface area contributed by atoms with Gasteiger partial charge in [0.05, 0.1) is 13.2 Å². The Bertz CT molecular complexity index is 1320. The molecule has 4 atom stereocenters. The predicted molar refractivity (Wildman–Crippen MR) is 136 cm³/mol. The van der Waals surface area contributed by atoms with Crippen LogP contribution in [0, 0.1) is 0 Å². The molecule has 1 fully saturated rings. The van der Waals surface area contributed by atoms with Crippen LogP contribution in [-0.4, -0.2) is 40.0 Å². The molecule has 0 amide bonds. The smallest absolute Gasteiger partial charge is 0.323 e. The molecule has 0 spiro atoms. The molecule has 1 saturated heterocycles. The van der Waals surface area contributed by atoms with E-state index >= 15 is 0 Å². The summed E-state index contributed by atoms with van der Waals surface area (Å²) in [5.41, 5.74) is 6.02. The largest absolute Gasteiger partial charge is 0.468 e. The van der Waals surface area contributed by atoms with Crippen molar-refractivity contribution in [1.82, 2.24) is 20.2 Å². The Morgan fingerprint density at radius 3 is 2.66 bits per heavy atom. The second kappa shape index (κ2) is 9.29. The van der Waals surface area contributed by atoms with Gasteiger partial charge in [-0.3, -0.25) is 14.7 Å². The van der Waals surface area contributed by atoms with E-state index in [2.05, 4.69) is 74.8 Å². The van der Waals surface area contributed by atoms with Gasteiger partial charge in [-0.1, -0.05) is 54.6 Å². The van der Waals surface area contributed by atoms with Gasteiger partial charge in [0.1, 0.15) is 6.04 Å². The van der Waals surface area contributed by atoms with Crippen LogP contribution in [0.4, 0.5) is 0 Å². The zero-order chi connectivity index (χ0) is 23.8. The fourth-order valence-electron chi connectivity index (χ4n) is 6.08. The number of methoxy groups -OCH3 is 1. The molecule has 2 aliphatic rings. The van der Waals surface area contributed by atoms with Crippen molar-refractivity contribution in [3.63, 3.8) is 0 Å². The summed E-state index contributed by atoms with van der Waals surface area (Å²) >= 11 is 0. The van der Waals surface area contributed by atoms with E-state index in [1.165, 1.54) is 34.9 Å². The number of H-pyrrole nitrogens is 1. The lowest BCUT2D eigenvalue weighted by atomic mass is 9.79. The van der Waals surface area contributed by atoms with E-state index in [4.69, 9.17) is 4.74 Å². The number of hydrogen-bond acceptors (Lipinski definition) is 5. The third-order valence-corrected chi connectivity index (χ3v) is 7.65.